The predicted octanol–water partition coefficient (Wildman–Crippen LogP) is 3.01. The molecule has 0 spiro atoms. The van der Waals surface area contributed by atoms with E-state index in [-0.39, 0.29) is 11.6 Å². The number of rotatable bonds is 4. The lowest BCUT2D eigenvalue weighted by Crippen LogP contribution is -2.08. The average molecular weight is 283 g/mol. The van der Waals surface area contributed by atoms with Crippen LogP contribution in [0.25, 0.3) is 0 Å². The fourth-order valence-electron chi connectivity index (χ4n) is 1.56. The first-order valence-corrected chi connectivity index (χ1v) is 5.79. The first-order chi connectivity index (χ1) is 9.49. The topological polar surface area (TPSA) is 47.0 Å². The van der Waals surface area contributed by atoms with Crippen LogP contribution in [0.15, 0.2) is 36.7 Å². The first-order valence-electron chi connectivity index (χ1n) is 5.79. The Labute approximate surface area is 113 Å². The second kappa shape index (κ2) is 5.87. The zero-order valence-electron chi connectivity index (χ0n) is 10.6. The molecule has 0 bridgehead atoms. The minimum atomic E-state index is -4.40. The van der Waals surface area contributed by atoms with Crippen molar-refractivity contribution in [1.29, 1.82) is 0 Å². The van der Waals surface area contributed by atoms with Crippen LogP contribution in [0.3, 0.4) is 0 Å². The van der Waals surface area contributed by atoms with E-state index in [1.807, 2.05) is 0 Å². The van der Waals surface area contributed by atoms with Crippen LogP contribution in [0.1, 0.15) is 11.3 Å². The average Bonchev–Trinajstić information content (AvgIpc) is 2.39. The molecule has 0 aliphatic carbocycles. The second-order valence-corrected chi connectivity index (χ2v) is 4.01. The molecule has 0 aliphatic heterocycles. The van der Waals surface area contributed by atoms with E-state index in [0.29, 0.717) is 12.2 Å². The maximum atomic E-state index is 12.6. The van der Waals surface area contributed by atoms with Gasteiger partial charge in [-0.05, 0) is 25.2 Å². The van der Waals surface area contributed by atoms with E-state index in [2.05, 4.69) is 15.3 Å². The SMILES string of the molecule is CNCc1cncc(Oc2cccc(C(F)(F)F)c2)n1. The first kappa shape index (κ1) is 14.3. The number of nitrogens with one attached hydrogen (secondary N) is 1. The molecule has 1 aromatic carbocycles. The van der Waals surface area contributed by atoms with Gasteiger partial charge in [0.1, 0.15) is 5.75 Å². The minimum Gasteiger partial charge on any atom is -0.437 e. The number of nitrogens with zero attached hydrogens (tertiary/aromatic N) is 2. The third kappa shape index (κ3) is 3.67. The van der Waals surface area contributed by atoms with E-state index in [0.717, 1.165) is 12.1 Å². The Bertz CT molecular complexity index is 587. The maximum absolute atomic E-state index is 12.6. The highest BCUT2D eigenvalue weighted by atomic mass is 19.4. The van der Waals surface area contributed by atoms with Gasteiger partial charge in [0, 0.05) is 12.7 Å². The summed E-state index contributed by atoms with van der Waals surface area (Å²) in [6.45, 7) is 0.493. The van der Waals surface area contributed by atoms with E-state index >= 15 is 0 Å². The van der Waals surface area contributed by atoms with Gasteiger partial charge in [-0.15, -0.1) is 0 Å². The summed E-state index contributed by atoms with van der Waals surface area (Å²) in [7, 11) is 1.75. The summed E-state index contributed by atoms with van der Waals surface area (Å²) < 4.78 is 43.0. The van der Waals surface area contributed by atoms with E-state index in [1.165, 1.54) is 18.3 Å². The highest BCUT2D eigenvalue weighted by molar-refractivity contribution is 5.32. The van der Waals surface area contributed by atoms with E-state index in [4.69, 9.17) is 4.74 Å². The maximum Gasteiger partial charge on any atom is 0.416 e. The molecule has 2 aromatic rings. The van der Waals surface area contributed by atoms with Crippen LogP contribution >= 0.6 is 0 Å². The molecule has 7 heteroatoms. The van der Waals surface area contributed by atoms with Gasteiger partial charge in [-0.25, -0.2) is 4.98 Å². The fraction of sp³-hybridized carbons (Fsp3) is 0.231. The van der Waals surface area contributed by atoms with Crippen molar-refractivity contribution in [2.75, 3.05) is 7.05 Å². The minimum absolute atomic E-state index is 0.0655. The highest BCUT2D eigenvalue weighted by Crippen LogP contribution is 2.32. The van der Waals surface area contributed by atoms with Crippen LogP contribution in [0.5, 0.6) is 11.6 Å². The molecule has 20 heavy (non-hydrogen) atoms. The predicted molar refractivity (Wildman–Crippen MR) is 66.3 cm³/mol. The molecule has 0 radical (unpaired) electrons. The number of ether oxygens (including phenoxy) is 1. The molecule has 4 nitrogen and oxygen atoms in total. The van der Waals surface area contributed by atoms with Crippen molar-refractivity contribution < 1.29 is 17.9 Å². The van der Waals surface area contributed by atoms with Crippen molar-refractivity contribution in [2.45, 2.75) is 12.7 Å². The van der Waals surface area contributed by atoms with Crippen molar-refractivity contribution in [3.05, 3.63) is 47.9 Å². The zero-order valence-corrected chi connectivity index (χ0v) is 10.6. The summed E-state index contributed by atoms with van der Waals surface area (Å²) in [5, 5.41) is 2.90. The van der Waals surface area contributed by atoms with Crippen LogP contribution in [0.2, 0.25) is 0 Å². The smallest absolute Gasteiger partial charge is 0.416 e. The van der Waals surface area contributed by atoms with Gasteiger partial charge in [-0.1, -0.05) is 6.07 Å². The summed E-state index contributed by atoms with van der Waals surface area (Å²) in [5.74, 6) is 0.216. The molecule has 0 aliphatic rings. The molecule has 106 valence electrons. The lowest BCUT2D eigenvalue weighted by molar-refractivity contribution is -0.137. The number of aromatic nitrogens is 2. The molecule has 0 saturated carbocycles. The van der Waals surface area contributed by atoms with Crippen LogP contribution in [0, 0.1) is 0 Å². The molecule has 0 unspecified atom stereocenters. The van der Waals surface area contributed by atoms with Crippen LogP contribution in [-0.4, -0.2) is 17.0 Å². The van der Waals surface area contributed by atoms with Crippen molar-refractivity contribution >= 4 is 0 Å². The van der Waals surface area contributed by atoms with Gasteiger partial charge in [0.2, 0.25) is 5.88 Å². The molecule has 1 N–H and O–H groups in total. The quantitative estimate of drug-likeness (QED) is 0.937. The molecular formula is C13H12F3N3O. The third-order valence-corrected chi connectivity index (χ3v) is 2.40. The largest absolute Gasteiger partial charge is 0.437 e. The number of halogens is 3. The van der Waals surface area contributed by atoms with Crippen molar-refractivity contribution in [3.63, 3.8) is 0 Å². The Morgan fingerprint density at radius 1 is 1.25 bits per heavy atom. The van der Waals surface area contributed by atoms with E-state index in [1.54, 1.807) is 13.2 Å². The fourth-order valence-corrected chi connectivity index (χ4v) is 1.56. The molecule has 0 fully saturated rings. The molecule has 0 saturated heterocycles. The van der Waals surface area contributed by atoms with Gasteiger partial charge in [-0.3, -0.25) is 4.98 Å². The summed E-state index contributed by atoms with van der Waals surface area (Å²) in [4.78, 5) is 8.04. The molecule has 0 atom stereocenters. The molecular weight excluding hydrogens is 271 g/mol. The van der Waals surface area contributed by atoms with E-state index in [9.17, 15) is 13.2 Å². The number of hydrogen-bond acceptors (Lipinski definition) is 4. The van der Waals surface area contributed by atoms with Gasteiger partial charge in [-0.2, -0.15) is 13.2 Å². The monoisotopic (exact) mass is 283 g/mol. The van der Waals surface area contributed by atoms with Crippen LogP contribution in [-0.2, 0) is 12.7 Å². The third-order valence-electron chi connectivity index (χ3n) is 2.40. The normalized spacial score (nSPS) is 11.4. The molecule has 1 aromatic heterocycles. The number of hydrogen-bond donors (Lipinski definition) is 1. The van der Waals surface area contributed by atoms with Crippen molar-refractivity contribution in [1.82, 2.24) is 15.3 Å². The zero-order chi connectivity index (χ0) is 14.6. The molecule has 1 heterocycles. The summed E-state index contributed by atoms with van der Waals surface area (Å²) >= 11 is 0. The standard InChI is InChI=1S/C13H12F3N3O/c1-17-6-10-7-18-8-12(19-10)20-11-4-2-3-9(5-11)13(14,15)16/h2-5,7-8,17H,6H2,1H3. The Balaban J connectivity index is 2.19. The lowest BCUT2D eigenvalue weighted by atomic mass is 10.2. The molecule has 2 rings (SSSR count). The van der Waals surface area contributed by atoms with Gasteiger partial charge in [0.15, 0.2) is 0 Å². The Morgan fingerprint density at radius 2 is 2.05 bits per heavy atom. The van der Waals surface area contributed by atoms with Gasteiger partial charge in [0.05, 0.1) is 17.5 Å². The van der Waals surface area contributed by atoms with Gasteiger partial charge >= 0.3 is 6.18 Å². The Hall–Kier alpha value is -2.15. The number of benzene rings is 1. The van der Waals surface area contributed by atoms with Gasteiger partial charge < -0.3 is 10.1 Å². The summed E-state index contributed by atoms with van der Waals surface area (Å²) in [6, 6.07) is 4.62. The Kier molecular flexibility index (Phi) is 4.19. The van der Waals surface area contributed by atoms with Crippen LogP contribution in [0.4, 0.5) is 13.2 Å². The van der Waals surface area contributed by atoms with Crippen LogP contribution < -0.4 is 10.1 Å². The van der Waals surface area contributed by atoms with Crippen molar-refractivity contribution in [3.8, 4) is 11.6 Å². The van der Waals surface area contributed by atoms with E-state index < -0.39 is 11.7 Å². The lowest BCUT2D eigenvalue weighted by Gasteiger charge is -2.09. The summed E-state index contributed by atoms with van der Waals surface area (Å²) in [6.07, 6.45) is -1.51. The highest BCUT2D eigenvalue weighted by Gasteiger charge is 2.30. The Morgan fingerprint density at radius 3 is 2.75 bits per heavy atom. The van der Waals surface area contributed by atoms with Gasteiger partial charge in [0.25, 0.3) is 0 Å². The second-order valence-electron chi connectivity index (χ2n) is 4.01. The summed E-state index contributed by atoms with van der Waals surface area (Å²) in [5.41, 5.74) is -0.133. The number of alkyl halides is 3. The van der Waals surface area contributed by atoms with Crippen molar-refractivity contribution in [2.24, 2.45) is 0 Å². The molecule has 0 amide bonds.